The van der Waals surface area contributed by atoms with Crippen LogP contribution in [0.2, 0.25) is 0 Å². The van der Waals surface area contributed by atoms with Gasteiger partial charge in [0.15, 0.2) is 0 Å². The highest BCUT2D eigenvalue weighted by molar-refractivity contribution is 5.90. The molecular weight excluding hydrogens is 252 g/mol. The van der Waals surface area contributed by atoms with E-state index in [1.807, 2.05) is 32.0 Å². The van der Waals surface area contributed by atoms with Crippen LogP contribution in [0, 0.1) is 13.8 Å². The SMILES string of the molecule is Cc1ccc(C)c(NC(=O)NCc2ccc(O)cc2)c1. The van der Waals surface area contributed by atoms with Crippen LogP contribution in [0.3, 0.4) is 0 Å². The van der Waals surface area contributed by atoms with E-state index in [-0.39, 0.29) is 11.8 Å². The summed E-state index contributed by atoms with van der Waals surface area (Å²) < 4.78 is 0. The quantitative estimate of drug-likeness (QED) is 0.801. The van der Waals surface area contributed by atoms with E-state index in [9.17, 15) is 9.90 Å². The summed E-state index contributed by atoms with van der Waals surface area (Å²) in [5.74, 6) is 0.216. The monoisotopic (exact) mass is 270 g/mol. The minimum absolute atomic E-state index is 0.216. The number of amides is 2. The molecule has 0 aliphatic heterocycles. The molecule has 0 aliphatic carbocycles. The molecule has 2 aromatic carbocycles. The standard InChI is InChI=1S/C16H18N2O2/c1-11-3-4-12(2)15(9-11)18-16(20)17-10-13-5-7-14(19)8-6-13/h3-9,19H,10H2,1-2H3,(H2,17,18,20). The lowest BCUT2D eigenvalue weighted by atomic mass is 10.1. The number of hydrogen-bond donors (Lipinski definition) is 3. The number of carbonyl (C=O) groups excluding carboxylic acids is 1. The Morgan fingerprint density at radius 2 is 1.80 bits per heavy atom. The Hall–Kier alpha value is -2.49. The van der Waals surface area contributed by atoms with Crippen molar-refractivity contribution in [3.63, 3.8) is 0 Å². The van der Waals surface area contributed by atoms with E-state index < -0.39 is 0 Å². The van der Waals surface area contributed by atoms with Crippen LogP contribution in [-0.4, -0.2) is 11.1 Å². The average molecular weight is 270 g/mol. The molecule has 0 saturated heterocycles. The zero-order valence-electron chi connectivity index (χ0n) is 11.6. The van der Waals surface area contributed by atoms with Crippen LogP contribution in [-0.2, 0) is 6.54 Å². The Bertz CT molecular complexity index is 606. The molecule has 0 bridgehead atoms. The van der Waals surface area contributed by atoms with Gasteiger partial charge in [-0.05, 0) is 48.7 Å². The summed E-state index contributed by atoms with van der Waals surface area (Å²) in [6, 6.07) is 12.4. The number of nitrogens with one attached hydrogen (secondary N) is 2. The van der Waals surface area contributed by atoms with Gasteiger partial charge in [0.1, 0.15) is 5.75 Å². The van der Waals surface area contributed by atoms with E-state index in [2.05, 4.69) is 10.6 Å². The Morgan fingerprint density at radius 1 is 1.10 bits per heavy atom. The molecule has 20 heavy (non-hydrogen) atoms. The number of anilines is 1. The molecule has 0 fully saturated rings. The number of benzene rings is 2. The fourth-order valence-corrected chi connectivity index (χ4v) is 1.83. The molecule has 3 N–H and O–H groups in total. The molecule has 0 aromatic heterocycles. The molecule has 0 heterocycles. The summed E-state index contributed by atoms with van der Waals surface area (Å²) >= 11 is 0. The van der Waals surface area contributed by atoms with Crippen LogP contribution in [0.25, 0.3) is 0 Å². The van der Waals surface area contributed by atoms with Gasteiger partial charge >= 0.3 is 6.03 Å². The fraction of sp³-hybridized carbons (Fsp3) is 0.188. The Balaban J connectivity index is 1.92. The summed E-state index contributed by atoms with van der Waals surface area (Å²) in [6.45, 7) is 4.35. The number of hydrogen-bond acceptors (Lipinski definition) is 2. The first-order valence-electron chi connectivity index (χ1n) is 6.44. The van der Waals surface area contributed by atoms with Crippen molar-refractivity contribution in [2.75, 3.05) is 5.32 Å². The van der Waals surface area contributed by atoms with E-state index in [1.54, 1.807) is 24.3 Å². The van der Waals surface area contributed by atoms with Gasteiger partial charge in [0, 0.05) is 12.2 Å². The molecule has 0 atom stereocenters. The number of aromatic hydroxyl groups is 1. The van der Waals surface area contributed by atoms with Gasteiger partial charge in [0.05, 0.1) is 0 Å². The van der Waals surface area contributed by atoms with Crippen molar-refractivity contribution in [2.24, 2.45) is 0 Å². The maximum Gasteiger partial charge on any atom is 0.319 e. The van der Waals surface area contributed by atoms with Crippen LogP contribution >= 0.6 is 0 Å². The number of rotatable bonds is 3. The van der Waals surface area contributed by atoms with Gasteiger partial charge in [0.2, 0.25) is 0 Å². The molecule has 2 amide bonds. The normalized spacial score (nSPS) is 10.1. The van der Waals surface area contributed by atoms with Gasteiger partial charge in [-0.15, -0.1) is 0 Å². The molecule has 0 saturated carbocycles. The average Bonchev–Trinajstić information content (AvgIpc) is 2.42. The highest BCUT2D eigenvalue weighted by atomic mass is 16.3. The smallest absolute Gasteiger partial charge is 0.319 e. The van der Waals surface area contributed by atoms with Gasteiger partial charge in [0.25, 0.3) is 0 Å². The minimum Gasteiger partial charge on any atom is -0.508 e. The van der Waals surface area contributed by atoms with Crippen LogP contribution in [0.5, 0.6) is 5.75 Å². The van der Waals surface area contributed by atoms with Crippen molar-refractivity contribution in [1.29, 1.82) is 0 Å². The fourth-order valence-electron chi connectivity index (χ4n) is 1.83. The summed E-state index contributed by atoms with van der Waals surface area (Å²) in [6.07, 6.45) is 0. The maximum absolute atomic E-state index is 11.8. The van der Waals surface area contributed by atoms with Crippen molar-refractivity contribution >= 4 is 11.7 Å². The number of carbonyl (C=O) groups is 1. The first-order valence-corrected chi connectivity index (χ1v) is 6.44. The van der Waals surface area contributed by atoms with E-state index >= 15 is 0 Å². The van der Waals surface area contributed by atoms with Crippen molar-refractivity contribution in [3.05, 3.63) is 59.2 Å². The molecular formula is C16H18N2O2. The lowest BCUT2D eigenvalue weighted by molar-refractivity contribution is 0.251. The lowest BCUT2D eigenvalue weighted by Crippen LogP contribution is -2.28. The van der Waals surface area contributed by atoms with Crippen LogP contribution < -0.4 is 10.6 Å². The molecule has 0 spiro atoms. The van der Waals surface area contributed by atoms with E-state index in [0.717, 1.165) is 22.4 Å². The molecule has 0 radical (unpaired) electrons. The maximum atomic E-state index is 11.8. The van der Waals surface area contributed by atoms with E-state index in [0.29, 0.717) is 6.54 Å². The summed E-state index contributed by atoms with van der Waals surface area (Å²) in [7, 11) is 0. The second kappa shape index (κ2) is 6.10. The summed E-state index contributed by atoms with van der Waals surface area (Å²) in [5, 5.41) is 14.8. The first-order chi connectivity index (χ1) is 9.54. The topological polar surface area (TPSA) is 61.4 Å². The molecule has 0 unspecified atom stereocenters. The predicted octanol–water partition coefficient (Wildman–Crippen LogP) is 3.33. The van der Waals surface area contributed by atoms with Gasteiger partial charge < -0.3 is 15.7 Å². The highest BCUT2D eigenvalue weighted by Gasteiger charge is 2.04. The van der Waals surface area contributed by atoms with Gasteiger partial charge in [-0.1, -0.05) is 24.3 Å². The second-order valence-corrected chi connectivity index (χ2v) is 4.79. The Morgan fingerprint density at radius 3 is 2.50 bits per heavy atom. The zero-order valence-corrected chi connectivity index (χ0v) is 11.6. The number of aryl methyl sites for hydroxylation is 2. The first kappa shape index (κ1) is 13.9. The van der Waals surface area contributed by atoms with Gasteiger partial charge in [-0.25, -0.2) is 4.79 Å². The number of phenolic OH excluding ortho intramolecular Hbond substituents is 1. The molecule has 4 nitrogen and oxygen atoms in total. The molecule has 2 rings (SSSR count). The highest BCUT2D eigenvalue weighted by Crippen LogP contribution is 2.16. The predicted molar refractivity (Wildman–Crippen MR) is 79.9 cm³/mol. The van der Waals surface area contributed by atoms with Gasteiger partial charge in [-0.2, -0.15) is 0 Å². The van der Waals surface area contributed by atoms with Crippen LogP contribution in [0.1, 0.15) is 16.7 Å². The number of phenols is 1. The third-order valence-corrected chi connectivity index (χ3v) is 3.03. The van der Waals surface area contributed by atoms with Crippen molar-refractivity contribution in [2.45, 2.75) is 20.4 Å². The van der Waals surface area contributed by atoms with Gasteiger partial charge in [-0.3, -0.25) is 0 Å². The second-order valence-electron chi connectivity index (χ2n) is 4.79. The zero-order chi connectivity index (χ0) is 14.5. The number of urea groups is 1. The molecule has 4 heteroatoms. The van der Waals surface area contributed by atoms with Crippen molar-refractivity contribution in [3.8, 4) is 5.75 Å². The van der Waals surface area contributed by atoms with E-state index in [1.165, 1.54) is 0 Å². The lowest BCUT2D eigenvalue weighted by Gasteiger charge is -2.10. The van der Waals surface area contributed by atoms with Crippen molar-refractivity contribution < 1.29 is 9.90 Å². The largest absolute Gasteiger partial charge is 0.508 e. The molecule has 2 aromatic rings. The summed E-state index contributed by atoms with van der Waals surface area (Å²) in [4.78, 5) is 11.8. The molecule has 104 valence electrons. The molecule has 0 aliphatic rings. The van der Waals surface area contributed by atoms with E-state index in [4.69, 9.17) is 0 Å². The van der Waals surface area contributed by atoms with Crippen LogP contribution in [0.15, 0.2) is 42.5 Å². The van der Waals surface area contributed by atoms with Crippen molar-refractivity contribution in [1.82, 2.24) is 5.32 Å². The minimum atomic E-state index is -0.244. The summed E-state index contributed by atoms with van der Waals surface area (Å²) in [5.41, 5.74) is 3.87. The Kier molecular flexibility index (Phi) is 4.25. The third kappa shape index (κ3) is 3.75. The third-order valence-electron chi connectivity index (χ3n) is 3.03. The Labute approximate surface area is 118 Å². The van der Waals surface area contributed by atoms with Crippen LogP contribution in [0.4, 0.5) is 10.5 Å².